The first-order valence-corrected chi connectivity index (χ1v) is 12.5. The maximum absolute atomic E-state index is 13.7. The van der Waals surface area contributed by atoms with Gasteiger partial charge in [0.05, 0.1) is 23.4 Å². The molecule has 0 atom stereocenters. The van der Waals surface area contributed by atoms with Gasteiger partial charge >= 0.3 is 0 Å². The minimum absolute atomic E-state index is 0.141. The molecule has 1 aliphatic rings. The van der Waals surface area contributed by atoms with E-state index in [1.54, 1.807) is 35.2 Å². The summed E-state index contributed by atoms with van der Waals surface area (Å²) in [6.45, 7) is 4.67. The SMILES string of the molecule is O=C(c1ccc(Oc2ccccc2)cc1)N(CCCN1CCOCC1)c1nc2ccc(F)cc2s1. The summed E-state index contributed by atoms with van der Waals surface area (Å²) in [5.41, 5.74) is 1.23. The summed E-state index contributed by atoms with van der Waals surface area (Å²) >= 11 is 1.33. The molecule has 6 nitrogen and oxygen atoms in total. The van der Waals surface area contributed by atoms with Crippen LogP contribution in [0.4, 0.5) is 9.52 Å². The van der Waals surface area contributed by atoms with E-state index in [-0.39, 0.29) is 11.7 Å². The van der Waals surface area contributed by atoms with E-state index in [0.29, 0.717) is 28.5 Å². The van der Waals surface area contributed by atoms with Crippen molar-refractivity contribution in [3.05, 3.63) is 84.2 Å². The first-order chi connectivity index (χ1) is 17.2. The summed E-state index contributed by atoms with van der Waals surface area (Å²) in [5, 5.41) is 0.571. The predicted molar refractivity (Wildman–Crippen MR) is 136 cm³/mol. The minimum atomic E-state index is -0.313. The van der Waals surface area contributed by atoms with Crippen molar-refractivity contribution in [2.75, 3.05) is 44.3 Å². The number of ether oxygens (including phenoxy) is 2. The van der Waals surface area contributed by atoms with Crippen LogP contribution in [0.25, 0.3) is 10.2 Å². The van der Waals surface area contributed by atoms with Gasteiger partial charge in [0.1, 0.15) is 17.3 Å². The highest BCUT2D eigenvalue weighted by Gasteiger charge is 2.22. The highest BCUT2D eigenvalue weighted by atomic mass is 32.1. The van der Waals surface area contributed by atoms with Gasteiger partial charge in [-0.1, -0.05) is 29.5 Å². The first kappa shape index (κ1) is 23.4. The monoisotopic (exact) mass is 491 g/mol. The number of carbonyl (C=O) groups excluding carboxylic acids is 1. The number of para-hydroxylation sites is 1. The number of fused-ring (bicyclic) bond motifs is 1. The van der Waals surface area contributed by atoms with E-state index < -0.39 is 0 Å². The lowest BCUT2D eigenvalue weighted by atomic mass is 10.2. The second kappa shape index (κ2) is 10.9. The molecule has 4 aromatic rings. The van der Waals surface area contributed by atoms with Gasteiger partial charge < -0.3 is 9.47 Å². The van der Waals surface area contributed by atoms with Gasteiger partial charge in [-0.3, -0.25) is 14.6 Å². The molecule has 1 saturated heterocycles. The number of rotatable bonds is 8. The van der Waals surface area contributed by atoms with Gasteiger partial charge in [0.2, 0.25) is 0 Å². The number of thiazole rings is 1. The van der Waals surface area contributed by atoms with E-state index in [0.717, 1.165) is 49.7 Å². The number of halogens is 1. The fourth-order valence-corrected chi connectivity index (χ4v) is 5.02. The van der Waals surface area contributed by atoms with Crippen molar-refractivity contribution in [2.24, 2.45) is 0 Å². The molecule has 0 unspecified atom stereocenters. The molecule has 0 spiro atoms. The zero-order valence-corrected chi connectivity index (χ0v) is 20.0. The average Bonchev–Trinajstić information content (AvgIpc) is 3.31. The number of morpholine rings is 1. The fourth-order valence-electron chi connectivity index (χ4n) is 4.01. The topological polar surface area (TPSA) is 54.9 Å². The summed E-state index contributed by atoms with van der Waals surface area (Å²) in [4.78, 5) is 22.3. The third kappa shape index (κ3) is 5.85. The Labute approximate surface area is 207 Å². The van der Waals surface area contributed by atoms with Crippen molar-refractivity contribution < 1.29 is 18.7 Å². The number of hydrogen-bond donors (Lipinski definition) is 0. The Morgan fingerprint density at radius 2 is 1.77 bits per heavy atom. The van der Waals surface area contributed by atoms with Crippen LogP contribution in [0.5, 0.6) is 11.5 Å². The normalized spacial score (nSPS) is 14.2. The van der Waals surface area contributed by atoms with E-state index >= 15 is 0 Å². The van der Waals surface area contributed by atoms with E-state index in [1.807, 2.05) is 30.3 Å². The highest BCUT2D eigenvalue weighted by Crippen LogP contribution is 2.31. The molecule has 1 amide bonds. The Morgan fingerprint density at radius 1 is 1.03 bits per heavy atom. The van der Waals surface area contributed by atoms with Crippen LogP contribution in [0, 0.1) is 5.82 Å². The van der Waals surface area contributed by atoms with Gasteiger partial charge in [-0.05, 0) is 61.0 Å². The van der Waals surface area contributed by atoms with Crippen LogP contribution in [0.2, 0.25) is 0 Å². The number of hydrogen-bond acceptors (Lipinski definition) is 6. The fraction of sp³-hybridized carbons (Fsp3) is 0.259. The molecule has 0 N–H and O–H groups in total. The van der Waals surface area contributed by atoms with Crippen LogP contribution in [0.3, 0.4) is 0 Å². The summed E-state index contributed by atoms with van der Waals surface area (Å²) in [5.74, 6) is 0.935. The molecule has 1 aliphatic heterocycles. The number of benzene rings is 3. The minimum Gasteiger partial charge on any atom is -0.457 e. The van der Waals surface area contributed by atoms with Crippen molar-refractivity contribution in [1.29, 1.82) is 0 Å². The zero-order chi connectivity index (χ0) is 24.0. The average molecular weight is 492 g/mol. The highest BCUT2D eigenvalue weighted by molar-refractivity contribution is 7.22. The molecule has 1 aromatic heterocycles. The molecule has 0 bridgehead atoms. The van der Waals surface area contributed by atoms with E-state index in [1.165, 1.54) is 23.5 Å². The van der Waals surface area contributed by atoms with Crippen molar-refractivity contribution >= 4 is 32.6 Å². The van der Waals surface area contributed by atoms with Crippen LogP contribution in [-0.4, -0.2) is 55.2 Å². The van der Waals surface area contributed by atoms with Crippen LogP contribution in [-0.2, 0) is 4.74 Å². The standard InChI is InChI=1S/C27H26FN3O3S/c28-21-9-12-24-25(19-21)35-27(29-24)31(14-4-13-30-15-17-33-18-16-30)26(32)20-7-10-23(11-8-20)34-22-5-2-1-3-6-22/h1-3,5-12,19H,4,13-18H2. The van der Waals surface area contributed by atoms with Gasteiger partial charge in [-0.2, -0.15) is 0 Å². The smallest absolute Gasteiger partial charge is 0.260 e. The first-order valence-electron chi connectivity index (χ1n) is 11.7. The molecule has 0 saturated carbocycles. The van der Waals surface area contributed by atoms with Gasteiger partial charge in [0.15, 0.2) is 5.13 Å². The second-order valence-electron chi connectivity index (χ2n) is 8.31. The third-order valence-electron chi connectivity index (χ3n) is 5.86. The number of anilines is 1. The summed E-state index contributed by atoms with van der Waals surface area (Å²) in [7, 11) is 0. The van der Waals surface area contributed by atoms with E-state index in [2.05, 4.69) is 9.88 Å². The molecule has 2 heterocycles. The summed E-state index contributed by atoms with van der Waals surface area (Å²) in [6, 6.07) is 21.1. The van der Waals surface area contributed by atoms with Gasteiger partial charge in [0.25, 0.3) is 5.91 Å². The van der Waals surface area contributed by atoms with E-state index in [4.69, 9.17) is 9.47 Å². The predicted octanol–water partition coefficient (Wildman–Crippen LogP) is 5.60. The Hall–Kier alpha value is -3.33. The van der Waals surface area contributed by atoms with Gasteiger partial charge in [-0.15, -0.1) is 0 Å². The summed E-state index contributed by atoms with van der Waals surface area (Å²) < 4.78 is 25.7. The lowest BCUT2D eigenvalue weighted by Gasteiger charge is -2.27. The maximum atomic E-state index is 13.7. The number of aromatic nitrogens is 1. The van der Waals surface area contributed by atoms with Crippen LogP contribution < -0.4 is 9.64 Å². The molecule has 0 aliphatic carbocycles. The zero-order valence-electron chi connectivity index (χ0n) is 19.2. The molecule has 1 fully saturated rings. The molecule has 3 aromatic carbocycles. The molecule has 180 valence electrons. The Morgan fingerprint density at radius 3 is 2.54 bits per heavy atom. The van der Waals surface area contributed by atoms with Crippen LogP contribution in [0.15, 0.2) is 72.8 Å². The molecular formula is C27H26FN3O3S. The largest absolute Gasteiger partial charge is 0.457 e. The van der Waals surface area contributed by atoms with Gasteiger partial charge in [-0.25, -0.2) is 9.37 Å². The van der Waals surface area contributed by atoms with Crippen molar-refractivity contribution in [1.82, 2.24) is 9.88 Å². The van der Waals surface area contributed by atoms with Crippen LogP contribution in [0.1, 0.15) is 16.8 Å². The van der Waals surface area contributed by atoms with Crippen molar-refractivity contribution in [3.63, 3.8) is 0 Å². The van der Waals surface area contributed by atoms with Crippen molar-refractivity contribution in [3.8, 4) is 11.5 Å². The number of amides is 1. The Bertz CT molecular complexity index is 1270. The van der Waals surface area contributed by atoms with Crippen molar-refractivity contribution in [2.45, 2.75) is 6.42 Å². The molecule has 35 heavy (non-hydrogen) atoms. The van der Waals surface area contributed by atoms with Gasteiger partial charge in [0, 0.05) is 31.7 Å². The summed E-state index contributed by atoms with van der Waals surface area (Å²) in [6.07, 6.45) is 0.797. The lowest BCUT2D eigenvalue weighted by molar-refractivity contribution is 0.0376. The molecule has 0 radical (unpaired) electrons. The quantitative estimate of drug-likeness (QED) is 0.321. The lowest BCUT2D eigenvalue weighted by Crippen LogP contribution is -2.39. The number of carbonyl (C=O) groups is 1. The van der Waals surface area contributed by atoms with E-state index in [9.17, 15) is 9.18 Å². The number of nitrogens with zero attached hydrogens (tertiary/aromatic N) is 3. The Kier molecular flexibility index (Phi) is 7.32. The molecular weight excluding hydrogens is 465 g/mol. The maximum Gasteiger partial charge on any atom is 0.260 e. The second-order valence-corrected chi connectivity index (χ2v) is 9.32. The third-order valence-corrected chi connectivity index (χ3v) is 6.90. The van der Waals surface area contributed by atoms with Crippen LogP contribution >= 0.6 is 11.3 Å². The Balaban J connectivity index is 1.34. The molecule has 5 rings (SSSR count). The molecule has 8 heteroatoms.